The number of hydrogen-bond donors (Lipinski definition) is 1. The first-order valence-corrected chi connectivity index (χ1v) is 7.08. The maximum atomic E-state index is 12.2. The Morgan fingerprint density at radius 2 is 1.90 bits per heavy atom. The summed E-state index contributed by atoms with van der Waals surface area (Å²) in [5.74, 6) is -0.00905. The Bertz CT molecular complexity index is 399. The third-order valence-corrected chi connectivity index (χ3v) is 3.78. The van der Waals surface area contributed by atoms with Gasteiger partial charge in [-0.25, -0.2) is 0 Å². The average Bonchev–Trinajstić information content (AvgIpc) is 2.64. The topological polar surface area (TPSA) is 73.0 Å². The van der Waals surface area contributed by atoms with E-state index < -0.39 is 0 Å². The zero-order valence-corrected chi connectivity index (χ0v) is 11.9. The van der Waals surface area contributed by atoms with Gasteiger partial charge in [0.25, 0.3) is 0 Å². The molecular weight excluding hydrogens is 260 g/mol. The van der Waals surface area contributed by atoms with E-state index in [0.29, 0.717) is 32.7 Å². The number of nitrogens with one attached hydrogen (secondary N) is 1. The Morgan fingerprint density at radius 1 is 1.10 bits per heavy atom. The van der Waals surface area contributed by atoms with Gasteiger partial charge in [0.15, 0.2) is 0 Å². The first-order chi connectivity index (χ1) is 9.56. The molecule has 0 aromatic heterocycles. The van der Waals surface area contributed by atoms with Gasteiger partial charge >= 0.3 is 0 Å². The highest BCUT2D eigenvalue weighted by Crippen LogP contribution is 2.05. The normalized spacial score (nSPS) is 21.4. The number of hydrogen-bond acceptors (Lipinski definition) is 4. The van der Waals surface area contributed by atoms with E-state index in [9.17, 15) is 14.4 Å². The molecular formula is C13H22N4O3. The van der Waals surface area contributed by atoms with Gasteiger partial charge in [-0.2, -0.15) is 0 Å². The van der Waals surface area contributed by atoms with Crippen LogP contribution in [0.15, 0.2) is 0 Å². The second kappa shape index (κ2) is 6.69. The van der Waals surface area contributed by atoms with Crippen LogP contribution in [0.2, 0.25) is 0 Å². The molecule has 2 fully saturated rings. The number of carbonyl (C=O) groups is 3. The van der Waals surface area contributed by atoms with E-state index in [4.69, 9.17) is 0 Å². The fraction of sp³-hybridized carbons (Fsp3) is 0.769. The third-order valence-electron chi connectivity index (χ3n) is 3.78. The van der Waals surface area contributed by atoms with Crippen molar-refractivity contribution in [1.29, 1.82) is 0 Å². The van der Waals surface area contributed by atoms with Crippen molar-refractivity contribution in [1.82, 2.24) is 20.0 Å². The Labute approximate surface area is 118 Å². The van der Waals surface area contributed by atoms with Gasteiger partial charge < -0.3 is 15.1 Å². The van der Waals surface area contributed by atoms with Crippen LogP contribution in [0, 0.1) is 0 Å². The van der Waals surface area contributed by atoms with Gasteiger partial charge in [-0.3, -0.25) is 19.3 Å². The van der Waals surface area contributed by atoms with Crippen molar-refractivity contribution >= 4 is 17.7 Å². The summed E-state index contributed by atoms with van der Waals surface area (Å²) in [7, 11) is 0. The number of carbonyl (C=O) groups excluding carboxylic acids is 3. The van der Waals surface area contributed by atoms with Crippen LogP contribution < -0.4 is 5.32 Å². The number of piperazine rings is 1. The highest BCUT2D eigenvalue weighted by atomic mass is 16.2. The van der Waals surface area contributed by atoms with Gasteiger partial charge in [0.05, 0.1) is 13.1 Å². The van der Waals surface area contributed by atoms with Crippen LogP contribution in [-0.4, -0.2) is 84.8 Å². The van der Waals surface area contributed by atoms with Crippen molar-refractivity contribution in [2.24, 2.45) is 0 Å². The van der Waals surface area contributed by atoms with E-state index in [0.717, 1.165) is 19.5 Å². The molecule has 0 atom stereocenters. The zero-order valence-electron chi connectivity index (χ0n) is 11.9. The lowest BCUT2D eigenvalue weighted by atomic mass is 10.3. The fourth-order valence-electron chi connectivity index (χ4n) is 2.59. The quantitative estimate of drug-likeness (QED) is 0.669. The molecule has 112 valence electrons. The van der Waals surface area contributed by atoms with Gasteiger partial charge in [0, 0.05) is 46.2 Å². The summed E-state index contributed by atoms with van der Waals surface area (Å²) in [4.78, 5) is 40.3. The molecule has 2 saturated heterocycles. The summed E-state index contributed by atoms with van der Waals surface area (Å²) in [6.45, 7) is 6.13. The molecule has 7 nitrogen and oxygen atoms in total. The molecule has 0 aromatic carbocycles. The molecule has 0 unspecified atom stereocenters. The van der Waals surface area contributed by atoms with Crippen LogP contribution in [0.1, 0.15) is 13.3 Å². The Morgan fingerprint density at radius 3 is 2.60 bits per heavy atom. The van der Waals surface area contributed by atoms with Crippen molar-refractivity contribution in [3.05, 3.63) is 0 Å². The van der Waals surface area contributed by atoms with Crippen LogP contribution in [0.5, 0.6) is 0 Å². The van der Waals surface area contributed by atoms with E-state index in [2.05, 4.69) is 10.2 Å². The Hall–Kier alpha value is -1.63. The minimum atomic E-state index is -0.0942. The molecule has 0 bridgehead atoms. The smallest absolute Gasteiger partial charge is 0.239 e. The van der Waals surface area contributed by atoms with E-state index in [-0.39, 0.29) is 24.3 Å². The lowest BCUT2D eigenvalue weighted by Gasteiger charge is -2.29. The van der Waals surface area contributed by atoms with E-state index >= 15 is 0 Å². The summed E-state index contributed by atoms with van der Waals surface area (Å²) in [6, 6.07) is 0. The first kappa shape index (κ1) is 14.8. The lowest BCUT2D eigenvalue weighted by molar-refractivity contribution is -0.139. The monoisotopic (exact) mass is 282 g/mol. The molecule has 7 heteroatoms. The summed E-state index contributed by atoms with van der Waals surface area (Å²) in [5, 5.41) is 2.71. The van der Waals surface area contributed by atoms with Crippen LogP contribution in [-0.2, 0) is 14.4 Å². The summed E-state index contributed by atoms with van der Waals surface area (Å²) in [5.41, 5.74) is 0. The molecule has 0 aliphatic carbocycles. The lowest BCUT2D eigenvalue weighted by Crippen LogP contribution is -2.52. The van der Waals surface area contributed by atoms with Crippen molar-refractivity contribution in [3.63, 3.8) is 0 Å². The third kappa shape index (κ3) is 3.93. The van der Waals surface area contributed by atoms with Crippen molar-refractivity contribution in [2.75, 3.05) is 52.4 Å². The molecule has 0 radical (unpaired) electrons. The van der Waals surface area contributed by atoms with Crippen LogP contribution in [0.25, 0.3) is 0 Å². The molecule has 0 saturated carbocycles. The van der Waals surface area contributed by atoms with E-state index in [1.165, 1.54) is 0 Å². The molecule has 1 N–H and O–H groups in total. The molecule has 2 rings (SSSR count). The number of amides is 3. The van der Waals surface area contributed by atoms with Crippen LogP contribution in [0.4, 0.5) is 0 Å². The van der Waals surface area contributed by atoms with Gasteiger partial charge in [0.1, 0.15) is 0 Å². The minimum Gasteiger partial charge on any atom is -0.353 e. The van der Waals surface area contributed by atoms with Crippen molar-refractivity contribution in [2.45, 2.75) is 13.3 Å². The fourth-order valence-corrected chi connectivity index (χ4v) is 2.59. The minimum absolute atomic E-state index is 0.00359. The summed E-state index contributed by atoms with van der Waals surface area (Å²) >= 11 is 0. The maximum Gasteiger partial charge on any atom is 0.239 e. The van der Waals surface area contributed by atoms with Crippen LogP contribution >= 0.6 is 0 Å². The van der Waals surface area contributed by atoms with Crippen molar-refractivity contribution in [3.8, 4) is 0 Å². The highest BCUT2D eigenvalue weighted by Gasteiger charge is 2.24. The predicted molar refractivity (Wildman–Crippen MR) is 72.9 cm³/mol. The van der Waals surface area contributed by atoms with Crippen molar-refractivity contribution < 1.29 is 14.4 Å². The highest BCUT2D eigenvalue weighted by molar-refractivity contribution is 5.86. The second-order valence-corrected chi connectivity index (χ2v) is 5.30. The number of rotatable bonds is 2. The SMILES string of the molecule is CC(=O)N1CCCN(CC(=O)N2CCNC(=O)C2)CC1. The zero-order chi connectivity index (χ0) is 14.5. The second-order valence-electron chi connectivity index (χ2n) is 5.30. The van der Waals surface area contributed by atoms with Gasteiger partial charge in [-0.15, -0.1) is 0 Å². The molecule has 2 aliphatic heterocycles. The summed E-state index contributed by atoms with van der Waals surface area (Å²) in [6.07, 6.45) is 0.882. The number of nitrogens with zero attached hydrogens (tertiary/aromatic N) is 3. The first-order valence-electron chi connectivity index (χ1n) is 7.08. The largest absolute Gasteiger partial charge is 0.353 e. The maximum absolute atomic E-state index is 12.2. The molecule has 20 heavy (non-hydrogen) atoms. The van der Waals surface area contributed by atoms with E-state index in [1.54, 1.807) is 11.8 Å². The Kier molecular flexibility index (Phi) is 4.94. The van der Waals surface area contributed by atoms with Gasteiger partial charge in [-0.05, 0) is 6.42 Å². The average molecular weight is 282 g/mol. The van der Waals surface area contributed by atoms with Gasteiger partial charge in [-0.1, -0.05) is 0 Å². The van der Waals surface area contributed by atoms with E-state index in [1.807, 2.05) is 4.90 Å². The molecule has 0 spiro atoms. The molecule has 2 aliphatic rings. The predicted octanol–water partition coefficient (Wildman–Crippen LogP) is -1.50. The van der Waals surface area contributed by atoms with Crippen LogP contribution in [0.3, 0.4) is 0 Å². The van der Waals surface area contributed by atoms with Gasteiger partial charge in [0.2, 0.25) is 17.7 Å². The standard InChI is InChI=1S/C13H22N4O3/c1-11(18)16-5-2-4-15(7-8-16)10-13(20)17-6-3-14-12(19)9-17/h2-10H2,1H3,(H,14,19). The summed E-state index contributed by atoms with van der Waals surface area (Å²) < 4.78 is 0. The molecule has 0 aromatic rings. The molecule has 3 amide bonds. The Balaban J connectivity index is 1.82. The molecule has 2 heterocycles.